The van der Waals surface area contributed by atoms with Crippen molar-refractivity contribution < 1.29 is 52.0 Å². The van der Waals surface area contributed by atoms with Crippen LogP contribution in [0.2, 0.25) is 5.02 Å². The molecule has 6 heterocycles. The highest BCUT2D eigenvalue weighted by Crippen LogP contribution is 2.37. The standard InChI is InChI=1S/C58H64ClF2N15O10/c1-34(42-27-40(63-3)13-14-43(42)60)69-52-49(59)35(2)68-46-28-44(61)50(71-51(46)52)39-30-66-58(67-31-39)86-19-6-4-5-18-76-32-41(74-75-76)33-85-26-25-84-24-23-83-22-21-82-20-17-64-47(77)16-15-45(56(80)81)70-54(78)37-10-7-36(8-11-37)9-12-38-29-65-53-48(38)55(79)73-57(62)72-53/h7-8,10-11,13-14,27-32,34,45H,4-6,9,12,15-26,33H2,1-2H3,(H,64,77)(H,68,69)(H,70,78)(H,80,81)(H4,62,65,72,73,79)/t34-,45+/m1/s1. The highest BCUT2D eigenvalue weighted by molar-refractivity contribution is 6.35. The topological polar surface area (TPSA) is 328 Å². The number of unbranched alkanes of at least 4 members (excludes halogenated alkanes) is 2. The van der Waals surface area contributed by atoms with Crippen LogP contribution in [-0.2, 0) is 54.5 Å². The Bertz CT molecular complexity index is 3710. The van der Waals surface area contributed by atoms with Crippen LogP contribution in [0.25, 0.3) is 38.2 Å². The van der Waals surface area contributed by atoms with Crippen molar-refractivity contribution in [1.29, 1.82) is 0 Å². The third kappa shape index (κ3) is 17.7. The third-order valence-electron chi connectivity index (χ3n) is 13.4. The van der Waals surface area contributed by atoms with Crippen molar-refractivity contribution in [3.8, 4) is 17.3 Å². The fourth-order valence-corrected chi connectivity index (χ4v) is 9.13. The highest BCUT2D eigenvalue weighted by Gasteiger charge is 2.24. The number of aryl methyl sites for hydroxylation is 4. The lowest BCUT2D eigenvalue weighted by Crippen LogP contribution is -2.41. The van der Waals surface area contributed by atoms with E-state index in [-0.39, 0.29) is 94.6 Å². The van der Waals surface area contributed by atoms with Crippen LogP contribution in [0, 0.1) is 25.1 Å². The van der Waals surface area contributed by atoms with Crippen LogP contribution in [0.4, 0.5) is 26.1 Å². The van der Waals surface area contributed by atoms with Crippen molar-refractivity contribution >= 4 is 68.8 Å². The molecule has 6 aromatic heterocycles. The summed E-state index contributed by atoms with van der Waals surface area (Å²) in [5.74, 6) is -3.36. The number of pyridine rings is 2. The molecule has 0 unspecified atom stereocenters. The third-order valence-corrected chi connectivity index (χ3v) is 13.9. The summed E-state index contributed by atoms with van der Waals surface area (Å²) < 4.78 is 60.1. The van der Waals surface area contributed by atoms with E-state index in [0.29, 0.717) is 99.3 Å². The van der Waals surface area contributed by atoms with Crippen LogP contribution < -0.4 is 32.0 Å². The lowest BCUT2D eigenvalue weighted by molar-refractivity contribution is -0.139. The second-order valence-electron chi connectivity index (χ2n) is 19.7. The van der Waals surface area contributed by atoms with E-state index in [1.54, 1.807) is 49.0 Å². The minimum atomic E-state index is -1.28. The minimum Gasteiger partial charge on any atom is -0.480 e. The Balaban J connectivity index is 0.615. The molecule has 8 aromatic rings. The number of aliphatic carboxylic acids is 1. The number of nitrogen functional groups attached to an aromatic ring is 1. The number of nitrogens with zero attached hydrogens (tertiary/aromatic N) is 9. The summed E-state index contributed by atoms with van der Waals surface area (Å²) in [6.07, 6.45) is 9.59. The Hall–Kier alpha value is -9.07. The van der Waals surface area contributed by atoms with Gasteiger partial charge in [0.1, 0.15) is 34.4 Å². The monoisotopic (exact) mass is 1200 g/mol. The average molecular weight is 1200 g/mol. The molecule has 0 radical (unpaired) electrons. The molecule has 28 heteroatoms. The van der Waals surface area contributed by atoms with Crippen LogP contribution in [0.15, 0.2) is 78.1 Å². The van der Waals surface area contributed by atoms with Gasteiger partial charge in [-0.15, -0.1) is 5.10 Å². The molecule has 8 N–H and O–H groups in total. The number of aromatic nitrogens is 10. The summed E-state index contributed by atoms with van der Waals surface area (Å²) in [6.45, 7) is 14.4. The van der Waals surface area contributed by atoms with Gasteiger partial charge in [0.15, 0.2) is 11.5 Å². The highest BCUT2D eigenvalue weighted by atomic mass is 35.5. The number of H-pyrrole nitrogens is 2. The zero-order valence-corrected chi connectivity index (χ0v) is 47.9. The second-order valence-corrected chi connectivity index (χ2v) is 20.1. The molecule has 0 spiro atoms. The number of amides is 2. The molecule has 0 aliphatic rings. The van der Waals surface area contributed by atoms with Gasteiger partial charge in [0.25, 0.3) is 11.5 Å². The number of hydrogen-bond acceptors (Lipinski definition) is 18. The number of halogens is 3. The van der Waals surface area contributed by atoms with Crippen molar-refractivity contribution in [2.45, 2.75) is 84.0 Å². The number of rotatable bonds is 34. The summed E-state index contributed by atoms with van der Waals surface area (Å²) in [5, 5.41) is 27.1. The first kappa shape index (κ1) is 63.0. The quantitative estimate of drug-likeness (QED) is 0.0155. The van der Waals surface area contributed by atoms with Crippen molar-refractivity contribution in [2.24, 2.45) is 0 Å². The van der Waals surface area contributed by atoms with Crippen molar-refractivity contribution in [3.63, 3.8) is 0 Å². The number of nitrogens with two attached hydrogens (primary N) is 1. The van der Waals surface area contributed by atoms with Crippen molar-refractivity contribution in [2.75, 3.05) is 70.5 Å². The van der Waals surface area contributed by atoms with Gasteiger partial charge in [-0.25, -0.2) is 38.4 Å². The number of benzene rings is 2. The van der Waals surface area contributed by atoms with E-state index in [0.717, 1.165) is 30.4 Å². The van der Waals surface area contributed by atoms with Gasteiger partial charge in [0.05, 0.1) is 106 Å². The van der Waals surface area contributed by atoms with E-state index in [4.69, 9.17) is 47.6 Å². The molecular weight excluding hydrogens is 1140 g/mol. The number of carboxylic acid groups (broad SMARTS) is 1. The SMILES string of the molecule is [C-]#[N+]c1ccc(F)c([C@@H](C)Nc2c(Cl)c(C)nc3cc(F)c(-c4cnc(OCCCCCn5cc(COCCOCCOCCOCCNC(=O)CC[C@H](NC(=O)c6ccc(CCc7c[nH]c8nc(N)[nH]c(=O)c78)cc6)C(=O)O)nn5)nc4)nc23)c1. The van der Waals surface area contributed by atoms with Crippen LogP contribution in [0.5, 0.6) is 6.01 Å². The molecule has 25 nitrogen and oxygen atoms in total. The Morgan fingerprint density at radius 3 is 2.36 bits per heavy atom. The Morgan fingerprint density at radius 1 is 0.895 bits per heavy atom. The van der Waals surface area contributed by atoms with Gasteiger partial charge >= 0.3 is 12.0 Å². The molecule has 0 saturated carbocycles. The first-order chi connectivity index (χ1) is 41.6. The zero-order chi connectivity index (χ0) is 61.0. The summed E-state index contributed by atoms with van der Waals surface area (Å²) in [4.78, 5) is 80.0. The molecule has 8 rings (SSSR count). The molecule has 2 amide bonds. The molecular formula is C58H64ClF2N15O10. The summed E-state index contributed by atoms with van der Waals surface area (Å²) in [7, 11) is 0. The van der Waals surface area contributed by atoms with Crippen molar-refractivity contribution in [3.05, 3.63) is 145 Å². The maximum Gasteiger partial charge on any atom is 0.326 e. The van der Waals surface area contributed by atoms with Gasteiger partial charge in [0.2, 0.25) is 11.9 Å². The van der Waals surface area contributed by atoms with Gasteiger partial charge in [-0.05, 0) is 93.3 Å². The number of carbonyl (C=O) groups is 3. The number of fused-ring (bicyclic) bond motifs is 2. The normalized spacial score (nSPS) is 12.0. The molecule has 2 aromatic carbocycles. The zero-order valence-electron chi connectivity index (χ0n) is 47.2. The number of ether oxygens (including phenoxy) is 5. The molecule has 0 aliphatic carbocycles. The molecule has 0 saturated heterocycles. The molecule has 2 atom stereocenters. The van der Waals surface area contributed by atoms with Crippen LogP contribution in [0.3, 0.4) is 0 Å². The lowest BCUT2D eigenvalue weighted by Gasteiger charge is -2.20. The van der Waals surface area contributed by atoms with Gasteiger partial charge in [-0.1, -0.05) is 35.0 Å². The maximum absolute atomic E-state index is 15.5. The van der Waals surface area contributed by atoms with Crippen molar-refractivity contribution in [1.82, 2.24) is 60.5 Å². The summed E-state index contributed by atoms with van der Waals surface area (Å²) in [6, 6.07) is 10.2. The van der Waals surface area contributed by atoms with E-state index in [2.05, 4.69) is 66.0 Å². The number of carbonyl (C=O) groups excluding carboxylic acids is 2. The van der Waals surface area contributed by atoms with Gasteiger partial charge in [0, 0.05) is 55.3 Å². The van der Waals surface area contributed by atoms with Gasteiger partial charge < -0.3 is 55.5 Å². The average Bonchev–Trinajstić information content (AvgIpc) is 1.93. The Morgan fingerprint density at radius 2 is 1.63 bits per heavy atom. The number of nitrogens with one attached hydrogen (secondary N) is 5. The van der Waals surface area contributed by atoms with Gasteiger partial charge in [-0.3, -0.25) is 24.0 Å². The summed E-state index contributed by atoms with van der Waals surface area (Å²) >= 11 is 6.68. The molecule has 0 fully saturated rings. The smallest absolute Gasteiger partial charge is 0.326 e. The molecule has 0 aliphatic heterocycles. The first-order valence-electron chi connectivity index (χ1n) is 27.6. The lowest BCUT2D eigenvalue weighted by atomic mass is 10.0. The van der Waals surface area contributed by atoms with E-state index in [9.17, 15) is 28.7 Å². The number of anilines is 2. The predicted octanol–water partition coefficient (Wildman–Crippen LogP) is 7.17. The minimum absolute atomic E-state index is 0.0214. The van der Waals surface area contributed by atoms with Gasteiger partial charge in [-0.2, -0.15) is 4.98 Å². The molecule has 452 valence electrons. The molecule has 86 heavy (non-hydrogen) atoms. The first-order valence-corrected chi connectivity index (χ1v) is 28.0. The van der Waals surface area contributed by atoms with Crippen LogP contribution in [-0.4, -0.2) is 138 Å². The maximum atomic E-state index is 15.5. The second kappa shape index (κ2) is 31.2. The molecule has 0 bridgehead atoms. The number of hydrogen-bond donors (Lipinski definition) is 7. The fourth-order valence-electron chi connectivity index (χ4n) is 8.95. The van der Waals surface area contributed by atoms with E-state index < -0.39 is 35.6 Å². The van der Waals surface area contributed by atoms with Crippen LogP contribution in [0.1, 0.15) is 83.5 Å². The van der Waals surface area contributed by atoms with E-state index in [1.165, 1.54) is 36.7 Å². The largest absolute Gasteiger partial charge is 0.480 e. The summed E-state index contributed by atoms with van der Waals surface area (Å²) in [5.41, 5.74) is 10.3. The van der Waals surface area contributed by atoms with E-state index in [1.807, 2.05) is 6.20 Å². The Kier molecular flexibility index (Phi) is 22.8. The number of carboxylic acids is 1. The fraction of sp³-hybridized carbons (Fsp3) is 0.379. The predicted molar refractivity (Wildman–Crippen MR) is 313 cm³/mol. The Labute approximate surface area is 496 Å². The van der Waals surface area contributed by atoms with Crippen LogP contribution >= 0.6 is 11.6 Å². The van der Waals surface area contributed by atoms with E-state index >= 15 is 4.39 Å². The number of aromatic amines is 2.